The topological polar surface area (TPSA) is 64.3 Å². The number of hydrogen-bond acceptors (Lipinski definition) is 3. The fourth-order valence-corrected chi connectivity index (χ4v) is 1.36. The highest BCUT2D eigenvalue weighted by atomic mass is 35.5. The molecule has 0 aliphatic carbocycles. The van der Waals surface area contributed by atoms with Gasteiger partial charge in [-0.1, -0.05) is 25.4 Å². The summed E-state index contributed by atoms with van der Waals surface area (Å²) in [6.07, 6.45) is -0.605. The first kappa shape index (κ1) is 12.8. The highest BCUT2D eigenvalue weighted by Gasteiger charge is 2.23. The monoisotopic (exact) mass is 242 g/mol. The zero-order valence-electron chi connectivity index (χ0n) is 9.24. The molecule has 1 aromatic carbocycles. The highest BCUT2D eigenvalue weighted by molar-refractivity contribution is 6.30. The van der Waals surface area contributed by atoms with Crippen LogP contribution in [0.2, 0.25) is 5.02 Å². The van der Waals surface area contributed by atoms with Gasteiger partial charge in [0.25, 0.3) is 5.91 Å². The molecule has 0 fully saturated rings. The Kier molecular flexibility index (Phi) is 4.58. The van der Waals surface area contributed by atoms with Crippen LogP contribution < -0.4 is 16.0 Å². The Hall–Kier alpha value is -1.26. The molecule has 5 heteroatoms. The quantitative estimate of drug-likeness (QED) is 0.480. The van der Waals surface area contributed by atoms with Crippen molar-refractivity contribution < 1.29 is 9.53 Å². The molecule has 0 saturated heterocycles. The zero-order chi connectivity index (χ0) is 12.1. The molecular formula is C11H15ClN2O2. The maximum absolute atomic E-state index is 11.4. The van der Waals surface area contributed by atoms with Gasteiger partial charge in [0.2, 0.25) is 0 Å². The number of benzene rings is 1. The molecule has 1 unspecified atom stereocenters. The first-order chi connectivity index (χ1) is 7.54. The minimum Gasteiger partial charge on any atom is -0.480 e. The van der Waals surface area contributed by atoms with E-state index in [0.717, 1.165) is 0 Å². The van der Waals surface area contributed by atoms with Gasteiger partial charge in [-0.3, -0.25) is 10.2 Å². The van der Waals surface area contributed by atoms with Gasteiger partial charge < -0.3 is 4.74 Å². The summed E-state index contributed by atoms with van der Waals surface area (Å²) in [6.45, 7) is 3.77. The van der Waals surface area contributed by atoms with Gasteiger partial charge >= 0.3 is 0 Å². The van der Waals surface area contributed by atoms with E-state index in [4.69, 9.17) is 22.2 Å². The van der Waals surface area contributed by atoms with Crippen molar-refractivity contribution in [2.75, 3.05) is 0 Å². The number of halogens is 1. The third kappa shape index (κ3) is 3.40. The van der Waals surface area contributed by atoms with Crippen LogP contribution in [0.4, 0.5) is 0 Å². The molecule has 1 rings (SSSR count). The zero-order valence-corrected chi connectivity index (χ0v) is 9.99. The number of rotatable bonds is 4. The molecule has 1 amide bonds. The number of hydrogen-bond donors (Lipinski definition) is 2. The lowest BCUT2D eigenvalue weighted by Crippen LogP contribution is -2.44. The molecule has 3 N–H and O–H groups in total. The van der Waals surface area contributed by atoms with E-state index < -0.39 is 6.10 Å². The standard InChI is InChI=1S/C11H15ClN2O2/c1-7(2)10(11(15)14-13)16-9-5-3-8(12)4-6-9/h3-7,10H,13H2,1-2H3,(H,14,15). The molecular weight excluding hydrogens is 228 g/mol. The molecule has 0 aliphatic heterocycles. The van der Waals surface area contributed by atoms with Crippen LogP contribution in [0, 0.1) is 5.92 Å². The number of carbonyl (C=O) groups excluding carboxylic acids is 1. The van der Waals surface area contributed by atoms with Crippen LogP contribution in [0.1, 0.15) is 13.8 Å². The van der Waals surface area contributed by atoms with Gasteiger partial charge in [0.15, 0.2) is 6.10 Å². The average Bonchev–Trinajstić information content (AvgIpc) is 2.27. The van der Waals surface area contributed by atoms with Crippen molar-refractivity contribution in [2.24, 2.45) is 11.8 Å². The molecule has 1 atom stereocenters. The van der Waals surface area contributed by atoms with Crippen molar-refractivity contribution in [3.63, 3.8) is 0 Å². The van der Waals surface area contributed by atoms with E-state index in [0.29, 0.717) is 10.8 Å². The highest BCUT2D eigenvalue weighted by Crippen LogP contribution is 2.19. The number of carbonyl (C=O) groups is 1. The Morgan fingerprint density at radius 3 is 2.38 bits per heavy atom. The largest absolute Gasteiger partial charge is 0.480 e. The summed E-state index contributed by atoms with van der Waals surface area (Å²) in [5.41, 5.74) is 2.09. The van der Waals surface area contributed by atoms with Gasteiger partial charge in [-0.2, -0.15) is 0 Å². The van der Waals surface area contributed by atoms with Gasteiger partial charge in [0, 0.05) is 5.02 Å². The van der Waals surface area contributed by atoms with Crippen molar-refractivity contribution in [3.05, 3.63) is 29.3 Å². The SMILES string of the molecule is CC(C)C(Oc1ccc(Cl)cc1)C(=O)NN. The van der Waals surface area contributed by atoms with Crippen LogP contribution in [-0.2, 0) is 4.79 Å². The lowest BCUT2D eigenvalue weighted by molar-refractivity contribution is -0.129. The lowest BCUT2D eigenvalue weighted by atomic mass is 10.1. The van der Waals surface area contributed by atoms with Crippen LogP contribution >= 0.6 is 11.6 Å². The van der Waals surface area contributed by atoms with E-state index in [1.807, 2.05) is 13.8 Å². The summed E-state index contributed by atoms with van der Waals surface area (Å²) in [7, 11) is 0. The predicted octanol–water partition coefficient (Wildman–Crippen LogP) is 1.73. The predicted molar refractivity (Wildman–Crippen MR) is 63.0 cm³/mol. The van der Waals surface area contributed by atoms with Crippen LogP contribution in [-0.4, -0.2) is 12.0 Å². The number of nitrogens with one attached hydrogen (secondary N) is 1. The van der Waals surface area contributed by atoms with Gasteiger partial charge in [-0.15, -0.1) is 0 Å². The van der Waals surface area contributed by atoms with Crippen molar-refractivity contribution >= 4 is 17.5 Å². The minimum atomic E-state index is -0.605. The smallest absolute Gasteiger partial charge is 0.275 e. The number of hydrazine groups is 1. The molecule has 0 spiro atoms. The summed E-state index contributed by atoms with van der Waals surface area (Å²) < 4.78 is 5.53. The second-order valence-corrected chi connectivity index (χ2v) is 4.18. The van der Waals surface area contributed by atoms with Crippen LogP contribution in [0.5, 0.6) is 5.75 Å². The normalized spacial score (nSPS) is 12.3. The Morgan fingerprint density at radius 1 is 1.38 bits per heavy atom. The second kappa shape index (κ2) is 5.72. The van der Waals surface area contributed by atoms with E-state index in [1.165, 1.54) is 0 Å². The van der Waals surface area contributed by atoms with Crippen molar-refractivity contribution in [2.45, 2.75) is 20.0 Å². The van der Waals surface area contributed by atoms with Crippen LogP contribution in [0.15, 0.2) is 24.3 Å². The van der Waals surface area contributed by atoms with Crippen molar-refractivity contribution in [1.82, 2.24) is 5.43 Å². The summed E-state index contributed by atoms with van der Waals surface area (Å²) >= 11 is 5.75. The van der Waals surface area contributed by atoms with Crippen molar-refractivity contribution in [3.8, 4) is 5.75 Å². The third-order valence-electron chi connectivity index (χ3n) is 2.08. The maximum atomic E-state index is 11.4. The second-order valence-electron chi connectivity index (χ2n) is 3.74. The molecule has 16 heavy (non-hydrogen) atoms. The third-order valence-corrected chi connectivity index (χ3v) is 2.33. The molecule has 0 saturated carbocycles. The maximum Gasteiger partial charge on any atom is 0.275 e. The molecule has 88 valence electrons. The first-order valence-corrected chi connectivity index (χ1v) is 5.35. The Labute approximate surface area is 99.7 Å². The lowest BCUT2D eigenvalue weighted by Gasteiger charge is -2.20. The van der Waals surface area contributed by atoms with Gasteiger partial charge in [0.05, 0.1) is 0 Å². The molecule has 4 nitrogen and oxygen atoms in total. The Morgan fingerprint density at radius 2 is 1.94 bits per heavy atom. The van der Waals surface area contributed by atoms with E-state index >= 15 is 0 Å². The summed E-state index contributed by atoms with van der Waals surface area (Å²) in [5.74, 6) is 5.36. The van der Waals surface area contributed by atoms with Crippen LogP contribution in [0.3, 0.4) is 0 Å². The van der Waals surface area contributed by atoms with E-state index in [2.05, 4.69) is 5.43 Å². The van der Waals surface area contributed by atoms with E-state index in [1.54, 1.807) is 24.3 Å². The fourth-order valence-electron chi connectivity index (χ4n) is 1.23. The van der Waals surface area contributed by atoms with Gasteiger partial charge in [-0.05, 0) is 30.2 Å². The van der Waals surface area contributed by atoms with Gasteiger partial charge in [-0.25, -0.2) is 5.84 Å². The van der Waals surface area contributed by atoms with E-state index in [-0.39, 0.29) is 11.8 Å². The summed E-state index contributed by atoms with van der Waals surface area (Å²) in [5, 5.41) is 0.622. The molecule has 0 aromatic heterocycles. The summed E-state index contributed by atoms with van der Waals surface area (Å²) in [6, 6.07) is 6.83. The Balaban J connectivity index is 2.75. The molecule has 1 aromatic rings. The summed E-state index contributed by atoms with van der Waals surface area (Å²) in [4.78, 5) is 11.4. The number of amides is 1. The Bertz CT molecular complexity index is 352. The van der Waals surface area contributed by atoms with Crippen LogP contribution in [0.25, 0.3) is 0 Å². The average molecular weight is 243 g/mol. The molecule has 0 bridgehead atoms. The molecule has 0 radical (unpaired) electrons. The molecule has 0 heterocycles. The number of ether oxygens (including phenoxy) is 1. The van der Waals surface area contributed by atoms with E-state index in [9.17, 15) is 4.79 Å². The van der Waals surface area contributed by atoms with Gasteiger partial charge in [0.1, 0.15) is 5.75 Å². The molecule has 0 aliphatic rings. The first-order valence-electron chi connectivity index (χ1n) is 4.97. The fraction of sp³-hybridized carbons (Fsp3) is 0.364. The van der Waals surface area contributed by atoms with Crippen molar-refractivity contribution in [1.29, 1.82) is 0 Å². The minimum absolute atomic E-state index is 0.0271. The number of nitrogens with two attached hydrogens (primary N) is 1.